The number of methoxy groups -OCH3 is 1. The zero-order chi connectivity index (χ0) is 21.8. The third-order valence-corrected chi connectivity index (χ3v) is 4.17. The number of carboxylic acid groups (broad SMARTS) is 1. The number of aromatic amines is 1. The topological polar surface area (TPSA) is 126 Å². The molecule has 0 radical (unpaired) electrons. The van der Waals surface area contributed by atoms with Crippen LogP contribution >= 0.6 is 0 Å². The van der Waals surface area contributed by atoms with Gasteiger partial charge in [-0.3, -0.25) is 19.5 Å². The lowest BCUT2D eigenvalue weighted by molar-refractivity contribution is -0.137. The predicted octanol–water partition coefficient (Wildman–Crippen LogP) is 1.79. The summed E-state index contributed by atoms with van der Waals surface area (Å²) in [5.74, 6) is -3.48. The molecule has 1 aromatic carbocycles. The molecule has 0 saturated heterocycles. The predicted molar refractivity (Wildman–Crippen MR) is 99.6 cm³/mol. The normalized spacial score (nSPS) is 11.7. The molecule has 11 heteroatoms. The fourth-order valence-electron chi connectivity index (χ4n) is 2.74. The molecular formula is C19H16F2N4O5. The van der Waals surface area contributed by atoms with Crippen molar-refractivity contribution in [3.8, 4) is 11.6 Å². The second kappa shape index (κ2) is 8.55. The molecule has 2 heterocycles. The second-order valence-electron chi connectivity index (χ2n) is 6.20. The number of carbonyl (C=O) groups excluding carboxylic acids is 1. The Hall–Kier alpha value is -4.02. The molecule has 2 aromatic heterocycles. The van der Waals surface area contributed by atoms with Gasteiger partial charge in [0.25, 0.3) is 11.5 Å². The van der Waals surface area contributed by atoms with E-state index in [4.69, 9.17) is 9.84 Å². The van der Waals surface area contributed by atoms with E-state index in [2.05, 4.69) is 15.4 Å². The van der Waals surface area contributed by atoms with Crippen LogP contribution in [-0.4, -0.2) is 38.9 Å². The summed E-state index contributed by atoms with van der Waals surface area (Å²) >= 11 is 0. The van der Waals surface area contributed by atoms with Gasteiger partial charge in [-0.2, -0.15) is 0 Å². The molecule has 0 aliphatic carbocycles. The van der Waals surface area contributed by atoms with Crippen LogP contribution in [0.4, 0.5) is 8.78 Å². The van der Waals surface area contributed by atoms with Gasteiger partial charge in [0.15, 0.2) is 5.82 Å². The fourth-order valence-corrected chi connectivity index (χ4v) is 2.74. The van der Waals surface area contributed by atoms with Crippen LogP contribution in [0.25, 0.3) is 5.69 Å². The molecule has 0 unspecified atom stereocenters. The lowest BCUT2D eigenvalue weighted by Crippen LogP contribution is -2.30. The monoisotopic (exact) mass is 418 g/mol. The van der Waals surface area contributed by atoms with Gasteiger partial charge in [-0.05, 0) is 17.7 Å². The fraction of sp³-hybridized carbons (Fsp3) is 0.158. The summed E-state index contributed by atoms with van der Waals surface area (Å²) in [7, 11) is 1.42. The summed E-state index contributed by atoms with van der Waals surface area (Å²) in [4.78, 5) is 39.9. The van der Waals surface area contributed by atoms with Crippen LogP contribution in [0.5, 0.6) is 5.88 Å². The van der Waals surface area contributed by atoms with Gasteiger partial charge in [-0.1, -0.05) is 6.07 Å². The maximum atomic E-state index is 14.0. The van der Waals surface area contributed by atoms with E-state index in [1.54, 1.807) is 6.07 Å². The van der Waals surface area contributed by atoms with Crippen LogP contribution in [0.1, 0.15) is 28.5 Å². The minimum atomic E-state index is -1.17. The molecular weight excluding hydrogens is 402 g/mol. The van der Waals surface area contributed by atoms with E-state index < -0.39 is 41.5 Å². The number of hydrogen-bond donors (Lipinski definition) is 3. The molecule has 30 heavy (non-hydrogen) atoms. The Morgan fingerprint density at radius 1 is 1.27 bits per heavy atom. The largest absolute Gasteiger partial charge is 0.481 e. The molecule has 9 nitrogen and oxygen atoms in total. The van der Waals surface area contributed by atoms with Gasteiger partial charge in [-0.25, -0.2) is 18.4 Å². The molecule has 3 N–H and O–H groups in total. The zero-order valence-electron chi connectivity index (χ0n) is 15.6. The Bertz CT molecular complexity index is 1140. The SMILES string of the molecule is COc1ccc([C@H](CC(=O)O)NC(=O)c2cc(=O)n(-c3ccc(F)cc3F)[nH]2)cn1. The number of halogens is 2. The third-order valence-electron chi connectivity index (χ3n) is 4.17. The number of benzene rings is 1. The number of nitrogens with one attached hydrogen (secondary N) is 2. The van der Waals surface area contributed by atoms with Gasteiger partial charge in [0, 0.05) is 24.4 Å². The van der Waals surface area contributed by atoms with Crippen LogP contribution in [0.15, 0.2) is 47.4 Å². The van der Waals surface area contributed by atoms with Crippen LogP contribution in [0.2, 0.25) is 0 Å². The minimum Gasteiger partial charge on any atom is -0.481 e. The summed E-state index contributed by atoms with van der Waals surface area (Å²) in [5, 5.41) is 14.1. The van der Waals surface area contributed by atoms with E-state index in [9.17, 15) is 23.2 Å². The average molecular weight is 418 g/mol. The van der Waals surface area contributed by atoms with Crippen LogP contribution in [0.3, 0.4) is 0 Å². The molecule has 3 aromatic rings. The van der Waals surface area contributed by atoms with Crippen molar-refractivity contribution in [2.24, 2.45) is 0 Å². The number of aromatic nitrogens is 3. The Morgan fingerprint density at radius 2 is 2.03 bits per heavy atom. The number of carboxylic acids is 1. The second-order valence-corrected chi connectivity index (χ2v) is 6.20. The standard InChI is InChI=1S/C19H16F2N4O5/c1-30-16-5-2-10(9-22-16)13(8-18(27)28)23-19(29)14-7-17(26)25(24-14)15-4-3-11(20)6-12(15)21/h2-7,9,13,24H,8H2,1H3,(H,23,29)(H,27,28)/t13-/m0/s1. The number of pyridine rings is 1. The first kappa shape index (κ1) is 20.7. The molecule has 0 aliphatic rings. The van der Waals surface area contributed by atoms with Gasteiger partial charge in [0.05, 0.1) is 19.6 Å². The van der Waals surface area contributed by atoms with Crippen molar-refractivity contribution in [2.45, 2.75) is 12.5 Å². The number of carbonyl (C=O) groups is 2. The maximum Gasteiger partial charge on any atom is 0.305 e. The number of nitrogens with zero attached hydrogens (tertiary/aromatic N) is 2. The van der Waals surface area contributed by atoms with Crippen molar-refractivity contribution in [1.29, 1.82) is 0 Å². The summed E-state index contributed by atoms with van der Waals surface area (Å²) < 4.78 is 32.7. The molecule has 3 rings (SSSR count). The first-order valence-corrected chi connectivity index (χ1v) is 8.58. The third kappa shape index (κ3) is 4.51. The van der Waals surface area contributed by atoms with E-state index in [-0.39, 0.29) is 11.4 Å². The number of H-pyrrole nitrogens is 1. The number of hydrogen-bond acceptors (Lipinski definition) is 5. The van der Waals surface area contributed by atoms with Gasteiger partial charge >= 0.3 is 5.97 Å². The average Bonchev–Trinajstić information content (AvgIpc) is 3.09. The van der Waals surface area contributed by atoms with Gasteiger partial charge in [0.1, 0.15) is 17.2 Å². The van der Waals surface area contributed by atoms with Crippen molar-refractivity contribution >= 4 is 11.9 Å². The first-order valence-electron chi connectivity index (χ1n) is 8.58. The molecule has 1 amide bonds. The Kier molecular flexibility index (Phi) is 5.90. The van der Waals surface area contributed by atoms with E-state index in [1.165, 1.54) is 19.4 Å². The Labute approximate surface area is 167 Å². The minimum absolute atomic E-state index is 0.236. The molecule has 1 atom stereocenters. The van der Waals surface area contributed by atoms with Gasteiger partial charge in [0.2, 0.25) is 5.88 Å². The van der Waals surface area contributed by atoms with Crippen molar-refractivity contribution in [3.05, 3.63) is 75.8 Å². The molecule has 156 valence electrons. The lowest BCUT2D eigenvalue weighted by Gasteiger charge is -2.17. The summed E-state index contributed by atoms with van der Waals surface area (Å²) in [6.45, 7) is 0. The number of amides is 1. The Morgan fingerprint density at radius 3 is 2.63 bits per heavy atom. The summed E-state index contributed by atoms with van der Waals surface area (Å²) in [6, 6.07) is 5.62. The first-order chi connectivity index (χ1) is 14.3. The van der Waals surface area contributed by atoms with Crippen LogP contribution < -0.4 is 15.6 Å². The highest BCUT2D eigenvalue weighted by Crippen LogP contribution is 2.19. The number of ether oxygens (including phenoxy) is 1. The van der Waals surface area contributed by atoms with E-state index >= 15 is 0 Å². The maximum absolute atomic E-state index is 14.0. The van der Waals surface area contributed by atoms with Crippen molar-refractivity contribution in [1.82, 2.24) is 20.1 Å². The summed E-state index contributed by atoms with van der Waals surface area (Å²) in [5.41, 5.74) is -0.869. The van der Waals surface area contributed by atoms with Crippen molar-refractivity contribution in [2.75, 3.05) is 7.11 Å². The van der Waals surface area contributed by atoms with E-state index in [0.29, 0.717) is 17.5 Å². The quantitative estimate of drug-likeness (QED) is 0.537. The zero-order valence-corrected chi connectivity index (χ0v) is 15.6. The van der Waals surface area contributed by atoms with Crippen molar-refractivity contribution in [3.63, 3.8) is 0 Å². The summed E-state index contributed by atoms with van der Waals surface area (Å²) in [6.07, 6.45) is 0.909. The highest BCUT2D eigenvalue weighted by molar-refractivity contribution is 5.92. The smallest absolute Gasteiger partial charge is 0.305 e. The molecule has 0 spiro atoms. The Balaban J connectivity index is 1.87. The van der Waals surface area contributed by atoms with Crippen LogP contribution in [-0.2, 0) is 4.79 Å². The molecule has 0 aliphatic heterocycles. The molecule has 0 saturated carbocycles. The van der Waals surface area contributed by atoms with Crippen LogP contribution in [0, 0.1) is 11.6 Å². The van der Waals surface area contributed by atoms with E-state index in [0.717, 1.165) is 22.9 Å². The highest BCUT2D eigenvalue weighted by Gasteiger charge is 2.22. The molecule has 0 fully saturated rings. The van der Waals surface area contributed by atoms with E-state index in [1.807, 2.05) is 0 Å². The number of rotatable bonds is 7. The highest BCUT2D eigenvalue weighted by atomic mass is 19.1. The molecule has 0 bridgehead atoms. The van der Waals surface area contributed by atoms with Gasteiger partial charge in [-0.15, -0.1) is 0 Å². The van der Waals surface area contributed by atoms with Gasteiger partial charge < -0.3 is 15.2 Å². The lowest BCUT2D eigenvalue weighted by atomic mass is 10.1. The van der Waals surface area contributed by atoms with Crippen molar-refractivity contribution < 1.29 is 28.2 Å². The number of aliphatic carboxylic acids is 1.